The number of guanidine groups is 1. The molecule has 1 atom stereocenters. The molecule has 2 heterocycles. The molecule has 1 aromatic heterocycles. The van der Waals surface area contributed by atoms with Crippen LogP contribution < -0.4 is 10.1 Å². The van der Waals surface area contributed by atoms with E-state index in [1.165, 1.54) is 5.56 Å². The largest absolute Gasteiger partial charge is 0.492 e. The maximum atomic E-state index is 5.93. The summed E-state index contributed by atoms with van der Waals surface area (Å²) in [5.74, 6) is 1.79. The Balaban J connectivity index is 0.00000280. The highest BCUT2D eigenvalue weighted by Crippen LogP contribution is 2.21. The fraction of sp³-hybridized carbons (Fsp3) is 0.500. The van der Waals surface area contributed by atoms with E-state index in [2.05, 4.69) is 35.2 Å². The first-order chi connectivity index (χ1) is 13.2. The van der Waals surface area contributed by atoms with Gasteiger partial charge in [0.15, 0.2) is 5.96 Å². The lowest BCUT2D eigenvalue weighted by Gasteiger charge is -2.34. The maximum Gasteiger partial charge on any atom is 0.194 e. The number of nitrogens with zero attached hydrogens (tertiary/aromatic N) is 4. The van der Waals surface area contributed by atoms with E-state index in [0.717, 1.165) is 36.9 Å². The lowest BCUT2D eigenvalue weighted by Crippen LogP contribution is -2.48. The third kappa shape index (κ3) is 6.37. The van der Waals surface area contributed by atoms with Gasteiger partial charge in [-0.05, 0) is 31.5 Å². The van der Waals surface area contributed by atoms with E-state index in [1.807, 2.05) is 37.6 Å². The Morgan fingerprint density at radius 3 is 3.00 bits per heavy atom. The van der Waals surface area contributed by atoms with E-state index in [0.29, 0.717) is 19.8 Å². The maximum absolute atomic E-state index is 5.93. The van der Waals surface area contributed by atoms with Crippen LogP contribution in [0.5, 0.6) is 5.75 Å². The molecule has 154 valence electrons. The number of hydrogen-bond acceptors (Lipinski definition) is 4. The monoisotopic (exact) mass is 499 g/mol. The molecule has 0 aliphatic carbocycles. The van der Waals surface area contributed by atoms with Gasteiger partial charge in [-0.3, -0.25) is 4.68 Å². The standard InChI is InChI=1S/C20H29N5O2.HI/c1-4-21-20(22-8-10-26-18-7-5-6-16(2)12-18)25-9-11-27-19(15-25)17-13-23-24(3)14-17;/h5-7,12-14,19H,4,8-11,15H2,1-3H3,(H,21,22);1H. The van der Waals surface area contributed by atoms with Gasteiger partial charge in [-0.2, -0.15) is 5.10 Å². The lowest BCUT2D eigenvalue weighted by atomic mass is 10.1. The summed E-state index contributed by atoms with van der Waals surface area (Å²) in [6.45, 7) is 8.37. The highest BCUT2D eigenvalue weighted by molar-refractivity contribution is 14.0. The minimum Gasteiger partial charge on any atom is -0.492 e. The molecule has 0 saturated carbocycles. The van der Waals surface area contributed by atoms with Gasteiger partial charge in [-0.1, -0.05) is 12.1 Å². The summed E-state index contributed by atoms with van der Waals surface area (Å²) in [6.07, 6.45) is 3.89. The topological polar surface area (TPSA) is 63.9 Å². The van der Waals surface area contributed by atoms with Crippen LogP contribution in [0, 0.1) is 6.92 Å². The molecule has 0 amide bonds. The molecule has 1 aliphatic rings. The van der Waals surface area contributed by atoms with Gasteiger partial charge in [0, 0.05) is 31.9 Å². The molecule has 28 heavy (non-hydrogen) atoms. The van der Waals surface area contributed by atoms with Crippen molar-refractivity contribution in [2.45, 2.75) is 20.0 Å². The Hall–Kier alpha value is -1.81. The Bertz CT molecular complexity index is 765. The number of hydrogen-bond donors (Lipinski definition) is 1. The fourth-order valence-electron chi connectivity index (χ4n) is 3.10. The number of rotatable bonds is 6. The summed E-state index contributed by atoms with van der Waals surface area (Å²) in [7, 11) is 1.92. The number of ether oxygens (including phenoxy) is 2. The molecule has 1 aromatic carbocycles. The second kappa shape index (κ2) is 11.3. The first-order valence-electron chi connectivity index (χ1n) is 9.48. The molecule has 1 aliphatic heterocycles. The van der Waals surface area contributed by atoms with Gasteiger partial charge < -0.3 is 19.7 Å². The third-order valence-electron chi connectivity index (χ3n) is 4.41. The quantitative estimate of drug-likeness (QED) is 0.287. The minimum atomic E-state index is 0. The van der Waals surface area contributed by atoms with Crippen molar-refractivity contribution in [3.05, 3.63) is 47.8 Å². The normalized spacial score (nSPS) is 17.2. The van der Waals surface area contributed by atoms with Crippen LogP contribution in [0.15, 0.2) is 41.7 Å². The van der Waals surface area contributed by atoms with Crippen molar-refractivity contribution in [3.8, 4) is 5.75 Å². The van der Waals surface area contributed by atoms with Crippen LogP contribution >= 0.6 is 24.0 Å². The molecule has 0 spiro atoms. The van der Waals surface area contributed by atoms with Gasteiger partial charge in [-0.15, -0.1) is 24.0 Å². The number of aliphatic imine (C=N–C) groups is 1. The first kappa shape index (κ1) is 22.5. The Labute approximate surface area is 184 Å². The van der Waals surface area contributed by atoms with E-state index >= 15 is 0 Å². The summed E-state index contributed by atoms with van der Waals surface area (Å²) < 4.78 is 13.5. The van der Waals surface area contributed by atoms with Crippen molar-refractivity contribution >= 4 is 29.9 Å². The fourth-order valence-corrected chi connectivity index (χ4v) is 3.10. The molecule has 0 bridgehead atoms. The second-order valence-electron chi connectivity index (χ2n) is 6.65. The number of morpholine rings is 1. The van der Waals surface area contributed by atoms with Crippen LogP contribution in [-0.4, -0.2) is 60.0 Å². The summed E-state index contributed by atoms with van der Waals surface area (Å²) in [5, 5.41) is 7.63. The van der Waals surface area contributed by atoms with E-state index in [4.69, 9.17) is 14.5 Å². The smallest absolute Gasteiger partial charge is 0.194 e. The molecule has 7 nitrogen and oxygen atoms in total. The summed E-state index contributed by atoms with van der Waals surface area (Å²) in [4.78, 5) is 6.99. The predicted octanol–water partition coefficient (Wildman–Crippen LogP) is 2.76. The molecule has 1 unspecified atom stereocenters. The Kier molecular flexibility index (Phi) is 9.04. The number of aromatic nitrogens is 2. The lowest BCUT2D eigenvalue weighted by molar-refractivity contribution is -0.00805. The molecule has 8 heteroatoms. The third-order valence-corrected chi connectivity index (χ3v) is 4.41. The van der Waals surface area contributed by atoms with Crippen LogP contribution in [0.2, 0.25) is 0 Å². The van der Waals surface area contributed by atoms with E-state index in [9.17, 15) is 0 Å². The minimum absolute atomic E-state index is 0. The zero-order chi connectivity index (χ0) is 19.1. The number of benzene rings is 1. The highest BCUT2D eigenvalue weighted by atomic mass is 127. The first-order valence-corrected chi connectivity index (χ1v) is 9.48. The second-order valence-corrected chi connectivity index (χ2v) is 6.65. The Morgan fingerprint density at radius 1 is 1.43 bits per heavy atom. The van der Waals surface area contributed by atoms with Crippen molar-refractivity contribution in [2.75, 3.05) is 39.4 Å². The zero-order valence-corrected chi connectivity index (χ0v) is 19.1. The average molecular weight is 499 g/mol. The number of nitrogens with one attached hydrogen (secondary N) is 1. The van der Waals surface area contributed by atoms with Crippen molar-refractivity contribution in [3.63, 3.8) is 0 Å². The molecule has 1 N–H and O–H groups in total. The van der Waals surface area contributed by atoms with Crippen LogP contribution in [0.1, 0.15) is 24.2 Å². The predicted molar refractivity (Wildman–Crippen MR) is 122 cm³/mol. The Morgan fingerprint density at radius 2 is 2.29 bits per heavy atom. The van der Waals surface area contributed by atoms with Crippen molar-refractivity contribution < 1.29 is 9.47 Å². The van der Waals surface area contributed by atoms with E-state index in [-0.39, 0.29) is 30.1 Å². The van der Waals surface area contributed by atoms with Gasteiger partial charge in [0.2, 0.25) is 0 Å². The van der Waals surface area contributed by atoms with Gasteiger partial charge >= 0.3 is 0 Å². The van der Waals surface area contributed by atoms with E-state index in [1.54, 1.807) is 4.68 Å². The molecule has 1 saturated heterocycles. The summed E-state index contributed by atoms with van der Waals surface area (Å²) in [6, 6.07) is 8.08. The van der Waals surface area contributed by atoms with Gasteiger partial charge in [0.05, 0.1) is 25.9 Å². The van der Waals surface area contributed by atoms with Crippen LogP contribution in [0.25, 0.3) is 0 Å². The highest BCUT2D eigenvalue weighted by Gasteiger charge is 2.25. The number of aryl methyl sites for hydroxylation is 2. The van der Waals surface area contributed by atoms with Crippen LogP contribution in [0.3, 0.4) is 0 Å². The molecular formula is C20H30IN5O2. The van der Waals surface area contributed by atoms with Gasteiger partial charge in [0.25, 0.3) is 0 Å². The van der Waals surface area contributed by atoms with Crippen LogP contribution in [-0.2, 0) is 11.8 Å². The van der Waals surface area contributed by atoms with Gasteiger partial charge in [0.1, 0.15) is 18.5 Å². The number of halogens is 1. The molecular weight excluding hydrogens is 469 g/mol. The average Bonchev–Trinajstić information content (AvgIpc) is 3.11. The van der Waals surface area contributed by atoms with Gasteiger partial charge in [-0.25, -0.2) is 4.99 Å². The van der Waals surface area contributed by atoms with Crippen molar-refractivity contribution in [1.82, 2.24) is 20.0 Å². The summed E-state index contributed by atoms with van der Waals surface area (Å²) in [5.41, 5.74) is 2.29. The zero-order valence-electron chi connectivity index (χ0n) is 16.8. The molecule has 2 aromatic rings. The SMILES string of the molecule is CCNC(=NCCOc1cccc(C)c1)N1CCOC(c2cnn(C)c2)C1.I. The molecule has 3 rings (SSSR count). The van der Waals surface area contributed by atoms with Crippen LogP contribution in [0.4, 0.5) is 0 Å². The van der Waals surface area contributed by atoms with Crippen molar-refractivity contribution in [1.29, 1.82) is 0 Å². The van der Waals surface area contributed by atoms with E-state index < -0.39 is 0 Å². The summed E-state index contributed by atoms with van der Waals surface area (Å²) >= 11 is 0. The molecule has 1 fully saturated rings. The molecule has 0 radical (unpaired) electrons. The van der Waals surface area contributed by atoms with Crippen molar-refractivity contribution in [2.24, 2.45) is 12.0 Å².